The van der Waals surface area contributed by atoms with Crippen LogP contribution >= 0.6 is 0 Å². The minimum atomic E-state index is 0.0977. The molecule has 0 aromatic carbocycles. The molecule has 0 heterocycles. The Hall–Kier alpha value is -0.790. The molecule has 0 amide bonds. The van der Waals surface area contributed by atoms with Crippen molar-refractivity contribution in [3.05, 3.63) is 12.2 Å². The normalized spacial score (nSPS) is 12.4. The highest BCUT2D eigenvalue weighted by Gasteiger charge is 2.19. The first-order valence-corrected chi connectivity index (χ1v) is 17.6. The summed E-state index contributed by atoms with van der Waals surface area (Å²) in [6, 6.07) is 0. The highest BCUT2D eigenvalue weighted by atomic mass is 16.5. The summed E-state index contributed by atoms with van der Waals surface area (Å²) in [6.07, 6.45) is 40.7. The van der Waals surface area contributed by atoms with Crippen molar-refractivity contribution in [3.8, 4) is 0 Å². The number of carbonyl (C=O) groups excluding carboxylic acids is 1. The molecule has 0 fully saturated rings. The number of hydrogen-bond donors (Lipinski definition) is 0. The van der Waals surface area contributed by atoms with Crippen molar-refractivity contribution in [1.29, 1.82) is 0 Å². The Morgan fingerprint density at radius 1 is 0.474 bits per heavy atom. The minimum absolute atomic E-state index is 0.0977. The Bertz CT molecular complexity index is 484. The fourth-order valence-electron chi connectivity index (χ4n) is 5.36. The number of esters is 1. The van der Waals surface area contributed by atoms with Gasteiger partial charge in [-0.15, -0.1) is 0 Å². The molecule has 0 bridgehead atoms. The number of rotatable bonds is 31. The second-order valence-electron chi connectivity index (χ2n) is 11.9. The van der Waals surface area contributed by atoms with Gasteiger partial charge in [0, 0.05) is 0 Å². The quantitative estimate of drug-likeness (QED) is 0.0502. The third kappa shape index (κ3) is 28.2. The van der Waals surface area contributed by atoms with Crippen molar-refractivity contribution in [2.75, 3.05) is 6.61 Å². The van der Waals surface area contributed by atoms with Gasteiger partial charge >= 0.3 is 5.97 Å². The van der Waals surface area contributed by atoms with E-state index in [1.807, 2.05) is 0 Å². The first-order chi connectivity index (χ1) is 18.8. The van der Waals surface area contributed by atoms with E-state index >= 15 is 0 Å². The Balaban J connectivity index is 4.00. The van der Waals surface area contributed by atoms with Gasteiger partial charge in [-0.3, -0.25) is 4.79 Å². The molecule has 0 aromatic rings. The van der Waals surface area contributed by atoms with Crippen molar-refractivity contribution < 1.29 is 9.53 Å². The summed E-state index contributed by atoms with van der Waals surface area (Å²) in [6.45, 7) is 7.45. The van der Waals surface area contributed by atoms with Crippen LogP contribution in [0.25, 0.3) is 0 Å². The van der Waals surface area contributed by atoms with Crippen LogP contribution in [0, 0.1) is 5.92 Å². The largest absolute Gasteiger partial charge is 0.465 e. The maximum absolute atomic E-state index is 12.9. The third-order valence-electron chi connectivity index (χ3n) is 8.05. The van der Waals surface area contributed by atoms with Gasteiger partial charge in [-0.25, -0.2) is 0 Å². The van der Waals surface area contributed by atoms with Gasteiger partial charge in [-0.05, 0) is 44.9 Å². The van der Waals surface area contributed by atoms with E-state index in [4.69, 9.17) is 4.74 Å². The van der Waals surface area contributed by atoms with E-state index < -0.39 is 0 Å². The zero-order valence-corrected chi connectivity index (χ0v) is 26.6. The zero-order chi connectivity index (χ0) is 27.8. The summed E-state index contributed by atoms with van der Waals surface area (Å²) in [5.74, 6) is 0.229. The molecule has 1 unspecified atom stereocenters. The van der Waals surface area contributed by atoms with E-state index in [0.717, 1.165) is 19.3 Å². The standard InChI is InChI=1S/C36H70O2/c1-4-7-10-13-16-18-20-21-22-24-27-30-33-35(32-29-26-15-12-9-6-3)36(37)38-34-31-28-25-23-19-17-14-11-8-5-2/h18,20,35H,4-17,19,21-34H2,1-3H3/b20-18-. The second kappa shape index (κ2) is 32.4. The van der Waals surface area contributed by atoms with Gasteiger partial charge in [0.25, 0.3) is 0 Å². The van der Waals surface area contributed by atoms with Gasteiger partial charge in [-0.1, -0.05) is 168 Å². The van der Waals surface area contributed by atoms with E-state index in [-0.39, 0.29) is 11.9 Å². The highest BCUT2D eigenvalue weighted by Crippen LogP contribution is 2.21. The Labute approximate surface area is 240 Å². The van der Waals surface area contributed by atoms with Crippen LogP contribution in [-0.4, -0.2) is 12.6 Å². The van der Waals surface area contributed by atoms with E-state index in [2.05, 4.69) is 32.9 Å². The van der Waals surface area contributed by atoms with Crippen LogP contribution in [0.15, 0.2) is 12.2 Å². The highest BCUT2D eigenvalue weighted by molar-refractivity contribution is 5.72. The molecule has 0 aliphatic rings. The second-order valence-corrected chi connectivity index (χ2v) is 11.9. The molecule has 2 heteroatoms. The van der Waals surface area contributed by atoms with E-state index in [1.165, 1.54) is 161 Å². The van der Waals surface area contributed by atoms with Gasteiger partial charge in [0.1, 0.15) is 0 Å². The molecule has 0 saturated carbocycles. The molecule has 0 saturated heterocycles. The van der Waals surface area contributed by atoms with Gasteiger partial charge in [0.05, 0.1) is 12.5 Å². The molecule has 0 aromatic heterocycles. The number of carbonyl (C=O) groups is 1. The smallest absolute Gasteiger partial charge is 0.308 e. The summed E-state index contributed by atoms with van der Waals surface area (Å²) in [4.78, 5) is 12.9. The monoisotopic (exact) mass is 535 g/mol. The van der Waals surface area contributed by atoms with Crippen molar-refractivity contribution >= 4 is 5.97 Å². The zero-order valence-electron chi connectivity index (χ0n) is 26.6. The van der Waals surface area contributed by atoms with Crippen LogP contribution < -0.4 is 0 Å². The summed E-state index contributed by atoms with van der Waals surface area (Å²) >= 11 is 0. The SMILES string of the molecule is CCCCCC/C=C\CCCCCCC(CCCCCCCC)C(=O)OCCCCCCCCCCCC. The van der Waals surface area contributed by atoms with Gasteiger partial charge in [0.2, 0.25) is 0 Å². The molecule has 0 rings (SSSR count). The third-order valence-corrected chi connectivity index (χ3v) is 8.05. The lowest BCUT2D eigenvalue weighted by atomic mass is 9.94. The van der Waals surface area contributed by atoms with E-state index in [9.17, 15) is 4.79 Å². The van der Waals surface area contributed by atoms with Gasteiger partial charge in [0.15, 0.2) is 0 Å². The van der Waals surface area contributed by atoms with Crippen LogP contribution in [0.3, 0.4) is 0 Å². The summed E-state index contributed by atoms with van der Waals surface area (Å²) in [7, 11) is 0. The van der Waals surface area contributed by atoms with Crippen LogP contribution in [0.1, 0.15) is 201 Å². The van der Waals surface area contributed by atoms with Crippen molar-refractivity contribution in [2.45, 2.75) is 201 Å². The molecule has 2 nitrogen and oxygen atoms in total. The summed E-state index contributed by atoms with van der Waals surface area (Å²) < 4.78 is 5.78. The number of unbranched alkanes of at least 4 members (excludes halogenated alkanes) is 22. The van der Waals surface area contributed by atoms with Crippen LogP contribution in [0.2, 0.25) is 0 Å². The lowest BCUT2D eigenvalue weighted by Crippen LogP contribution is -2.18. The molecule has 1 atom stereocenters. The molecular weight excluding hydrogens is 464 g/mol. The number of allylic oxidation sites excluding steroid dienone is 2. The van der Waals surface area contributed by atoms with Gasteiger partial charge in [-0.2, -0.15) is 0 Å². The van der Waals surface area contributed by atoms with Crippen molar-refractivity contribution in [2.24, 2.45) is 5.92 Å². The Morgan fingerprint density at radius 2 is 0.816 bits per heavy atom. The molecular formula is C36H70O2. The fourth-order valence-corrected chi connectivity index (χ4v) is 5.36. The topological polar surface area (TPSA) is 26.3 Å². The molecule has 0 aliphatic heterocycles. The Kier molecular flexibility index (Phi) is 31.7. The summed E-state index contributed by atoms with van der Waals surface area (Å²) in [5.41, 5.74) is 0. The Morgan fingerprint density at radius 3 is 1.26 bits per heavy atom. The van der Waals surface area contributed by atoms with Crippen LogP contribution in [0.4, 0.5) is 0 Å². The maximum Gasteiger partial charge on any atom is 0.308 e. The average Bonchev–Trinajstić information content (AvgIpc) is 2.92. The molecule has 0 aliphatic carbocycles. The molecule has 0 N–H and O–H groups in total. The van der Waals surface area contributed by atoms with E-state index in [1.54, 1.807) is 0 Å². The maximum atomic E-state index is 12.9. The van der Waals surface area contributed by atoms with Crippen LogP contribution in [-0.2, 0) is 9.53 Å². The molecule has 38 heavy (non-hydrogen) atoms. The predicted octanol–water partition coefficient (Wildman–Crippen LogP) is 12.7. The lowest BCUT2D eigenvalue weighted by molar-refractivity contribution is -0.149. The van der Waals surface area contributed by atoms with Crippen molar-refractivity contribution in [1.82, 2.24) is 0 Å². The molecule has 226 valence electrons. The molecule has 0 spiro atoms. The lowest BCUT2D eigenvalue weighted by Gasteiger charge is -2.16. The fraction of sp³-hybridized carbons (Fsp3) is 0.917. The van der Waals surface area contributed by atoms with Crippen LogP contribution in [0.5, 0.6) is 0 Å². The number of ether oxygens (including phenoxy) is 1. The predicted molar refractivity (Wildman–Crippen MR) is 170 cm³/mol. The van der Waals surface area contributed by atoms with Gasteiger partial charge < -0.3 is 4.74 Å². The average molecular weight is 535 g/mol. The first-order valence-electron chi connectivity index (χ1n) is 17.6. The number of hydrogen-bond acceptors (Lipinski definition) is 2. The first kappa shape index (κ1) is 37.2. The molecule has 0 radical (unpaired) electrons. The van der Waals surface area contributed by atoms with E-state index in [0.29, 0.717) is 6.61 Å². The van der Waals surface area contributed by atoms with Crippen molar-refractivity contribution in [3.63, 3.8) is 0 Å². The summed E-state index contributed by atoms with van der Waals surface area (Å²) in [5, 5.41) is 0. The minimum Gasteiger partial charge on any atom is -0.465 e.